The predicted molar refractivity (Wildman–Crippen MR) is 45.7 cm³/mol. The lowest BCUT2D eigenvalue weighted by atomic mass is 10.1. The first-order chi connectivity index (χ1) is 6.02. The van der Waals surface area contributed by atoms with Crippen LogP contribution in [0.5, 0.6) is 5.75 Å². The molecule has 0 spiro atoms. The Kier molecular flexibility index (Phi) is 2.53. The molecule has 3 N–H and O–H groups in total. The minimum atomic E-state index is -1.21. The molecule has 0 unspecified atom stereocenters. The van der Waals surface area contributed by atoms with Crippen molar-refractivity contribution in [2.24, 2.45) is 0 Å². The maximum absolute atomic E-state index is 10.6. The molecule has 0 bridgehead atoms. The molecule has 0 saturated carbocycles. The second-order valence-corrected chi connectivity index (χ2v) is 2.76. The third-order valence-corrected chi connectivity index (χ3v) is 1.73. The van der Waals surface area contributed by atoms with Gasteiger partial charge in [-0.1, -0.05) is 6.07 Å². The van der Waals surface area contributed by atoms with Crippen LogP contribution in [0.25, 0.3) is 0 Å². The van der Waals surface area contributed by atoms with Gasteiger partial charge in [0.05, 0.1) is 6.10 Å². The molecule has 70 valence electrons. The first kappa shape index (κ1) is 9.54. The Balaban J connectivity index is 3.19. The molecule has 4 heteroatoms. The van der Waals surface area contributed by atoms with Gasteiger partial charge in [0, 0.05) is 0 Å². The zero-order chi connectivity index (χ0) is 10.0. The molecule has 0 radical (unpaired) electrons. The van der Waals surface area contributed by atoms with Crippen molar-refractivity contribution in [1.29, 1.82) is 0 Å². The smallest absolute Gasteiger partial charge is 0.339 e. The van der Waals surface area contributed by atoms with Crippen molar-refractivity contribution in [3.63, 3.8) is 0 Å². The van der Waals surface area contributed by atoms with Gasteiger partial charge in [0.25, 0.3) is 0 Å². The molecule has 1 rings (SSSR count). The second-order valence-electron chi connectivity index (χ2n) is 2.76. The van der Waals surface area contributed by atoms with Crippen LogP contribution in [0.4, 0.5) is 0 Å². The van der Waals surface area contributed by atoms with E-state index in [-0.39, 0.29) is 11.3 Å². The molecule has 1 aromatic rings. The number of aliphatic hydroxyl groups excluding tert-OH is 1. The van der Waals surface area contributed by atoms with E-state index >= 15 is 0 Å². The number of aliphatic hydroxyl groups is 1. The number of aromatic carboxylic acids is 1. The van der Waals surface area contributed by atoms with E-state index in [9.17, 15) is 4.79 Å². The monoisotopic (exact) mass is 182 g/mol. The van der Waals surface area contributed by atoms with Crippen LogP contribution in [-0.2, 0) is 0 Å². The highest BCUT2D eigenvalue weighted by Crippen LogP contribution is 2.21. The molecular formula is C9H10O4. The molecular weight excluding hydrogens is 172 g/mol. The molecule has 0 amide bonds. The fourth-order valence-corrected chi connectivity index (χ4v) is 0.985. The van der Waals surface area contributed by atoms with Crippen molar-refractivity contribution < 1.29 is 20.1 Å². The highest BCUT2D eigenvalue weighted by molar-refractivity contribution is 5.90. The van der Waals surface area contributed by atoms with Gasteiger partial charge in [-0.15, -0.1) is 0 Å². The number of phenols is 1. The summed E-state index contributed by atoms with van der Waals surface area (Å²) in [6.07, 6.45) is -0.737. The molecule has 0 heterocycles. The van der Waals surface area contributed by atoms with Gasteiger partial charge in [-0.2, -0.15) is 0 Å². The number of hydrogen-bond donors (Lipinski definition) is 3. The Morgan fingerprint density at radius 2 is 2.08 bits per heavy atom. The van der Waals surface area contributed by atoms with Gasteiger partial charge in [0.15, 0.2) is 0 Å². The zero-order valence-corrected chi connectivity index (χ0v) is 7.06. The van der Waals surface area contributed by atoms with E-state index in [1.54, 1.807) is 0 Å². The van der Waals surface area contributed by atoms with Crippen molar-refractivity contribution in [3.05, 3.63) is 29.3 Å². The Bertz CT molecular complexity index is 330. The Morgan fingerprint density at radius 1 is 1.46 bits per heavy atom. The van der Waals surface area contributed by atoms with Gasteiger partial charge in [-0.25, -0.2) is 4.79 Å². The molecule has 0 aliphatic heterocycles. The molecule has 1 aromatic carbocycles. The molecule has 0 aliphatic carbocycles. The molecule has 0 saturated heterocycles. The van der Waals surface area contributed by atoms with Crippen LogP contribution in [-0.4, -0.2) is 21.3 Å². The van der Waals surface area contributed by atoms with Crippen LogP contribution in [0.1, 0.15) is 28.9 Å². The normalized spacial score (nSPS) is 12.5. The van der Waals surface area contributed by atoms with Crippen LogP contribution < -0.4 is 0 Å². The maximum Gasteiger partial charge on any atom is 0.339 e. The zero-order valence-electron chi connectivity index (χ0n) is 7.06. The van der Waals surface area contributed by atoms with Crippen LogP contribution >= 0.6 is 0 Å². The summed E-state index contributed by atoms with van der Waals surface area (Å²) in [5.74, 6) is -1.50. The van der Waals surface area contributed by atoms with E-state index in [2.05, 4.69) is 0 Å². The summed E-state index contributed by atoms with van der Waals surface area (Å²) in [5.41, 5.74) is 0.272. The maximum atomic E-state index is 10.6. The van der Waals surface area contributed by atoms with Crippen molar-refractivity contribution in [2.75, 3.05) is 0 Å². The summed E-state index contributed by atoms with van der Waals surface area (Å²) in [6.45, 7) is 1.53. The average Bonchev–Trinajstić information content (AvgIpc) is 2.04. The fraction of sp³-hybridized carbons (Fsp3) is 0.222. The standard InChI is InChI=1S/C9H10O4/c1-5(10)6-2-3-8(11)7(4-6)9(12)13/h2-5,10-11H,1H3,(H,12,13)/t5-/m0/s1. The molecule has 4 nitrogen and oxygen atoms in total. The Labute approximate surface area is 75.1 Å². The van der Waals surface area contributed by atoms with E-state index in [1.807, 2.05) is 0 Å². The topological polar surface area (TPSA) is 77.8 Å². The lowest BCUT2D eigenvalue weighted by Crippen LogP contribution is -1.99. The number of benzene rings is 1. The van der Waals surface area contributed by atoms with Gasteiger partial charge in [0.1, 0.15) is 11.3 Å². The molecule has 0 aliphatic rings. The van der Waals surface area contributed by atoms with Crippen LogP contribution in [0, 0.1) is 0 Å². The predicted octanol–water partition coefficient (Wildman–Crippen LogP) is 1.14. The Morgan fingerprint density at radius 3 is 2.54 bits per heavy atom. The van der Waals surface area contributed by atoms with Crippen LogP contribution in [0.15, 0.2) is 18.2 Å². The summed E-state index contributed by atoms with van der Waals surface area (Å²) in [6, 6.07) is 3.99. The van der Waals surface area contributed by atoms with Gasteiger partial charge in [-0.05, 0) is 24.6 Å². The van der Waals surface area contributed by atoms with E-state index < -0.39 is 12.1 Å². The Hall–Kier alpha value is -1.55. The summed E-state index contributed by atoms with van der Waals surface area (Å²) >= 11 is 0. The number of hydrogen-bond acceptors (Lipinski definition) is 3. The van der Waals surface area contributed by atoms with E-state index in [4.69, 9.17) is 15.3 Å². The third kappa shape index (κ3) is 1.97. The number of carboxylic acids is 1. The van der Waals surface area contributed by atoms with Crippen molar-refractivity contribution in [3.8, 4) is 5.75 Å². The van der Waals surface area contributed by atoms with Crippen molar-refractivity contribution in [1.82, 2.24) is 0 Å². The first-order valence-corrected chi connectivity index (χ1v) is 3.76. The highest BCUT2D eigenvalue weighted by atomic mass is 16.4. The van der Waals surface area contributed by atoms with Crippen molar-refractivity contribution >= 4 is 5.97 Å². The minimum Gasteiger partial charge on any atom is -0.507 e. The number of rotatable bonds is 2. The number of aromatic hydroxyl groups is 1. The summed E-state index contributed by atoms with van der Waals surface area (Å²) < 4.78 is 0. The molecule has 0 fully saturated rings. The lowest BCUT2D eigenvalue weighted by molar-refractivity contribution is 0.0693. The van der Waals surface area contributed by atoms with Gasteiger partial charge in [0.2, 0.25) is 0 Å². The van der Waals surface area contributed by atoms with E-state index in [0.717, 1.165) is 0 Å². The quantitative estimate of drug-likeness (QED) is 0.641. The van der Waals surface area contributed by atoms with Crippen LogP contribution in [0.2, 0.25) is 0 Å². The summed E-state index contributed by atoms with van der Waals surface area (Å²) in [7, 11) is 0. The largest absolute Gasteiger partial charge is 0.507 e. The lowest BCUT2D eigenvalue weighted by Gasteiger charge is -2.06. The van der Waals surface area contributed by atoms with Gasteiger partial charge < -0.3 is 15.3 Å². The summed E-state index contributed by atoms with van der Waals surface area (Å²) in [5, 5.41) is 26.9. The summed E-state index contributed by atoms with van der Waals surface area (Å²) in [4.78, 5) is 10.6. The molecule has 0 aromatic heterocycles. The van der Waals surface area contributed by atoms with E-state index in [0.29, 0.717) is 5.56 Å². The van der Waals surface area contributed by atoms with Crippen LogP contribution in [0.3, 0.4) is 0 Å². The second kappa shape index (κ2) is 3.45. The highest BCUT2D eigenvalue weighted by Gasteiger charge is 2.11. The SMILES string of the molecule is C[C@H](O)c1ccc(O)c(C(=O)O)c1. The van der Waals surface area contributed by atoms with Gasteiger partial charge >= 0.3 is 5.97 Å². The van der Waals surface area contributed by atoms with E-state index in [1.165, 1.54) is 25.1 Å². The molecule has 1 atom stereocenters. The minimum absolute atomic E-state index is 0.196. The average molecular weight is 182 g/mol. The fourth-order valence-electron chi connectivity index (χ4n) is 0.985. The first-order valence-electron chi connectivity index (χ1n) is 3.76. The number of carboxylic acid groups (broad SMARTS) is 1. The molecule has 13 heavy (non-hydrogen) atoms. The van der Waals surface area contributed by atoms with Gasteiger partial charge in [-0.3, -0.25) is 0 Å². The number of carbonyl (C=O) groups is 1. The van der Waals surface area contributed by atoms with Crippen molar-refractivity contribution in [2.45, 2.75) is 13.0 Å². The third-order valence-electron chi connectivity index (χ3n) is 1.73.